The number of esters is 1. The summed E-state index contributed by atoms with van der Waals surface area (Å²) < 4.78 is 15.7. The van der Waals surface area contributed by atoms with Gasteiger partial charge in [0.05, 0.1) is 26.4 Å². The van der Waals surface area contributed by atoms with Crippen molar-refractivity contribution < 1.29 is 19.0 Å². The Hall–Kier alpha value is -2.76. The summed E-state index contributed by atoms with van der Waals surface area (Å²) in [5.41, 5.74) is 7.81. The summed E-state index contributed by atoms with van der Waals surface area (Å²) in [5, 5.41) is 9.76. The van der Waals surface area contributed by atoms with Crippen molar-refractivity contribution in [2.75, 3.05) is 33.6 Å². The third-order valence-electron chi connectivity index (χ3n) is 3.97. The van der Waals surface area contributed by atoms with Crippen molar-refractivity contribution >= 4 is 22.3 Å². The van der Waals surface area contributed by atoms with E-state index in [1.807, 2.05) is 30.1 Å². The molecule has 8 heteroatoms. The molecule has 2 N–H and O–H groups in total. The molecule has 0 bridgehead atoms. The Balaban J connectivity index is 2.27. The third kappa shape index (κ3) is 4.70. The zero-order valence-electron chi connectivity index (χ0n) is 15.9. The largest absolute Gasteiger partial charge is 0.497 e. The van der Waals surface area contributed by atoms with E-state index in [0.717, 1.165) is 16.9 Å². The molecule has 1 heterocycles. The molecule has 1 aromatic heterocycles. The maximum Gasteiger partial charge on any atom is 0.348 e. The van der Waals surface area contributed by atoms with Crippen LogP contribution in [0.3, 0.4) is 0 Å². The number of thiophene rings is 1. The zero-order valence-corrected chi connectivity index (χ0v) is 16.7. The van der Waals surface area contributed by atoms with Crippen molar-refractivity contribution in [1.29, 1.82) is 5.26 Å². The van der Waals surface area contributed by atoms with Crippen molar-refractivity contribution in [3.05, 3.63) is 39.8 Å². The quantitative estimate of drug-likeness (QED) is 0.693. The van der Waals surface area contributed by atoms with Gasteiger partial charge in [-0.3, -0.25) is 4.90 Å². The van der Waals surface area contributed by atoms with Gasteiger partial charge in [0, 0.05) is 30.3 Å². The van der Waals surface area contributed by atoms with E-state index < -0.39 is 5.97 Å². The predicted molar refractivity (Wildman–Crippen MR) is 104 cm³/mol. The number of nitrogen functional groups attached to an aromatic ring is 1. The summed E-state index contributed by atoms with van der Waals surface area (Å²) >= 11 is 1.09. The van der Waals surface area contributed by atoms with Gasteiger partial charge in [0.2, 0.25) is 0 Å². The molecule has 2 aromatic rings. The number of carbonyl (C=O) groups excluding carboxylic acids is 1. The lowest BCUT2D eigenvalue weighted by Crippen LogP contribution is -2.20. The van der Waals surface area contributed by atoms with Gasteiger partial charge in [-0.2, -0.15) is 5.26 Å². The van der Waals surface area contributed by atoms with Crippen LogP contribution in [0.15, 0.2) is 18.2 Å². The van der Waals surface area contributed by atoms with Gasteiger partial charge < -0.3 is 19.9 Å². The molecule has 0 aliphatic rings. The fourth-order valence-electron chi connectivity index (χ4n) is 2.72. The Labute approximate surface area is 162 Å². The highest BCUT2D eigenvalue weighted by atomic mass is 32.1. The van der Waals surface area contributed by atoms with Crippen molar-refractivity contribution in [3.63, 3.8) is 0 Å². The van der Waals surface area contributed by atoms with Gasteiger partial charge in [-0.05, 0) is 20.0 Å². The highest BCUT2D eigenvalue weighted by Crippen LogP contribution is 2.33. The second kappa shape index (κ2) is 9.26. The first kappa shape index (κ1) is 20.6. The van der Waals surface area contributed by atoms with E-state index in [4.69, 9.17) is 19.9 Å². The second-order valence-corrected chi connectivity index (χ2v) is 6.88. The van der Waals surface area contributed by atoms with E-state index in [1.54, 1.807) is 21.1 Å². The molecule has 0 atom stereocenters. The van der Waals surface area contributed by atoms with Gasteiger partial charge >= 0.3 is 5.97 Å². The van der Waals surface area contributed by atoms with Crippen molar-refractivity contribution in [2.45, 2.75) is 20.0 Å². The molecule has 0 saturated heterocycles. The lowest BCUT2D eigenvalue weighted by atomic mass is 10.1. The topological polar surface area (TPSA) is 97.8 Å². The number of ether oxygens (including phenoxy) is 3. The molecular formula is C19H23N3O4S. The lowest BCUT2D eigenvalue weighted by molar-refractivity contribution is 0.0530. The summed E-state index contributed by atoms with van der Waals surface area (Å²) in [6.45, 7) is 2.93. The maximum absolute atomic E-state index is 12.2. The SMILES string of the molecule is CCOC(=O)c1sc(N)c(C#N)c1CN(C)Cc1ccc(OC)cc1OC. The van der Waals surface area contributed by atoms with E-state index in [2.05, 4.69) is 6.07 Å². The zero-order chi connectivity index (χ0) is 20.0. The van der Waals surface area contributed by atoms with Gasteiger partial charge in [-0.25, -0.2) is 4.79 Å². The Morgan fingerprint density at radius 3 is 2.63 bits per heavy atom. The molecule has 0 aliphatic heterocycles. The van der Waals surface area contributed by atoms with E-state index in [9.17, 15) is 10.1 Å². The third-order valence-corrected chi connectivity index (χ3v) is 5.01. The van der Waals surface area contributed by atoms with Crippen molar-refractivity contribution in [3.8, 4) is 17.6 Å². The van der Waals surface area contributed by atoms with Crippen LogP contribution in [0.1, 0.15) is 33.3 Å². The van der Waals surface area contributed by atoms with E-state index in [-0.39, 0.29) is 6.61 Å². The number of nitrogens with two attached hydrogens (primary N) is 1. The molecule has 0 fully saturated rings. The van der Waals surface area contributed by atoms with Gasteiger partial charge in [-0.15, -0.1) is 11.3 Å². The first-order chi connectivity index (χ1) is 12.9. The van der Waals surface area contributed by atoms with Gasteiger partial charge in [-0.1, -0.05) is 6.07 Å². The molecule has 0 unspecified atom stereocenters. The fourth-order valence-corrected chi connectivity index (χ4v) is 3.64. The van der Waals surface area contributed by atoms with Crippen LogP contribution >= 0.6 is 11.3 Å². The molecule has 2 rings (SSSR count). The first-order valence-corrected chi connectivity index (χ1v) is 9.14. The van der Waals surface area contributed by atoms with Crippen molar-refractivity contribution in [2.24, 2.45) is 0 Å². The van der Waals surface area contributed by atoms with E-state index in [1.165, 1.54) is 0 Å². The van der Waals surface area contributed by atoms with Crippen LogP contribution in [0.2, 0.25) is 0 Å². The predicted octanol–water partition coefficient (Wildman–Crippen LogP) is 3.03. The lowest BCUT2D eigenvalue weighted by Gasteiger charge is -2.19. The second-order valence-electron chi connectivity index (χ2n) is 5.83. The van der Waals surface area contributed by atoms with Crippen LogP contribution in [0, 0.1) is 11.3 Å². The minimum Gasteiger partial charge on any atom is -0.497 e. The smallest absolute Gasteiger partial charge is 0.348 e. The standard InChI is InChI=1S/C19H23N3O4S/c1-5-26-19(23)17-15(14(9-20)18(21)27-17)11-22(2)10-12-6-7-13(24-3)8-16(12)25-4/h6-8H,5,10-11,21H2,1-4H3. The molecule has 0 amide bonds. The van der Waals surface area contributed by atoms with Crippen LogP contribution in [0.25, 0.3) is 0 Å². The minimum absolute atomic E-state index is 0.261. The number of hydrogen-bond donors (Lipinski definition) is 1. The minimum atomic E-state index is -0.457. The Morgan fingerprint density at radius 2 is 2.04 bits per heavy atom. The summed E-state index contributed by atoms with van der Waals surface area (Å²) in [6, 6.07) is 7.70. The van der Waals surface area contributed by atoms with Gasteiger partial charge in [0.25, 0.3) is 0 Å². The summed E-state index contributed by atoms with van der Waals surface area (Å²) in [7, 11) is 5.10. The molecule has 27 heavy (non-hydrogen) atoms. The van der Waals surface area contributed by atoms with Crippen LogP contribution in [0.5, 0.6) is 11.5 Å². The van der Waals surface area contributed by atoms with Crippen LogP contribution in [0.4, 0.5) is 5.00 Å². The van der Waals surface area contributed by atoms with E-state index >= 15 is 0 Å². The Bertz CT molecular complexity index is 857. The maximum atomic E-state index is 12.2. The van der Waals surface area contributed by atoms with Crippen LogP contribution in [-0.2, 0) is 17.8 Å². The Morgan fingerprint density at radius 1 is 1.30 bits per heavy atom. The number of methoxy groups -OCH3 is 2. The van der Waals surface area contributed by atoms with E-state index in [0.29, 0.717) is 45.6 Å². The average Bonchev–Trinajstić information content (AvgIpc) is 2.97. The average molecular weight is 389 g/mol. The molecule has 0 spiro atoms. The Kier molecular flexibility index (Phi) is 7.05. The number of hydrogen-bond acceptors (Lipinski definition) is 8. The van der Waals surface area contributed by atoms with Crippen LogP contribution in [-0.4, -0.2) is 38.7 Å². The summed E-state index contributed by atoms with van der Waals surface area (Å²) in [6.07, 6.45) is 0. The highest BCUT2D eigenvalue weighted by molar-refractivity contribution is 7.18. The molecule has 7 nitrogen and oxygen atoms in total. The van der Waals surface area contributed by atoms with Crippen molar-refractivity contribution in [1.82, 2.24) is 4.90 Å². The number of rotatable bonds is 8. The van der Waals surface area contributed by atoms with Gasteiger partial charge in [0.1, 0.15) is 27.4 Å². The van der Waals surface area contributed by atoms with Crippen LogP contribution < -0.4 is 15.2 Å². The molecule has 1 aromatic carbocycles. The first-order valence-electron chi connectivity index (χ1n) is 8.32. The number of nitrogens with zero attached hydrogens (tertiary/aromatic N) is 2. The number of carbonyl (C=O) groups is 1. The number of nitriles is 1. The fraction of sp³-hybridized carbons (Fsp3) is 0.368. The molecule has 0 saturated carbocycles. The number of anilines is 1. The van der Waals surface area contributed by atoms with Gasteiger partial charge in [0.15, 0.2) is 0 Å². The molecule has 144 valence electrons. The normalized spacial score (nSPS) is 10.5. The molecular weight excluding hydrogens is 366 g/mol. The monoisotopic (exact) mass is 389 g/mol. The molecule has 0 aliphatic carbocycles. The highest BCUT2D eigenvalue weighted by Gasteiger charge is 2.24. The number of benzene rings is 1. The molecule has 0 radical (unpaired) electrons. The summed E-state index contributed by atoms with van der Waals surface area (Å²) in [4.78, 5) is 14.6. The summed E-state index contributed by atoms with van der Waals surface area (Å²) in [5.74, 6) is 0.957.